The molecule has 0 bridgehead atoms. The van der Waals surface area contributed by atoms with E-state index in [0.717, 1.165) is 26.1 Å². The highest BCUT2D eigenvalue weighted by atomic mass is 16.5. The summed E-state index contributed by atoms with van der Waals surface area (Å²) in [4.78, 5) is 28.0. The van der Waals surface area contributed by atoms with Gasteiger partial charge in [0.05, 0.1) is 19.3 Å². The number of nitrogens with zero attached hydrogens (tertiary/aromatic N) is 2. The Morgan fingerprint density at radius 3 is 2.70 bits per heavy atom. The van der Waals surface area contributed by atoms with E-state index < -0.39 is 0 Å². The fourth-order valence-corrected chi connectivity index (χ4v) is 2.74. The molecular weight excluding hydrogens is 294 g/mol. The molecule has 0 unspecified atom stereocenters. The fourth-order valence-electron chi connectivity index (χ4n) is 2.74. The fraction of sp³-hybridized carbons (Fsp3) is 0.529. The first-order valence-corrected chi connectivity index (χ1v) is 8.07. The SMILES string of the molecule is CCC(=O)N1CCCN(CC(=O)Nc2ccccc2OC)CC1. The number of para-hydroxylation sites is 2. The summed E-state index contributed by atoms with van der Waals surface area (Å²) in [5.74, 6) is 0.770. The van der Waals surface area contributed by atoms with Crippen molar-refractivity contribution in [1.82, 2.24) is 9.80 Å². The molecule has 1 saturated heterocycles. The maximum absolute atomic E-state index is 12.2. The van der Waals surface area contributed by atoms with E-state index in [2.05, 4.69) is 10.2 Å². The van der Waals surface area contributed by atoms with Gasteiger partial charge in [-0.25, -0.2) is 0 Å². The van der Waals surface area contributed by atoms with Crippen molar-refractivity contribution in [1.29, 1.82) is 0 Å². The molecule has 2 amide bonds. The van der Waals surface area contributed by atoms with Crippen LogP contribution in [-0.4, -0.2) is 61.4 Å². The Bertz CT molecular complexity index is 548. The predicted molar refractivity (Wildman–Crippen MR) is 89.6 cm³/mol. The standard InChI is InChI=1S/C17H25N3O3/c1-3-17(22)20-10-6-9-19(11-12-20)13-16(21)18-14-7-4-5-8-15(14)23-2/h4-5,7-8H,3,6,9-13H2,1-2H3,(H,18,21). The lowest BCUT2D eigenvalue weighted by molar-refractivity contribution is -0.130. The summed E-state index contributed by atoms with van der Waals surface area (Å²) in [7, 11) is 1.58. The summed E-state index contributed by atoms with van der Waals surface area (Å²) in [5.41, 5.74) is 0.678. The molecule has 2 rings (SSSR count). The van der Waals surface area contributed by atoms with Crippen LogP contribution in [0.15, 0.2) is 24.3 Å². The molecule has 0 aliphatic carbocycles. The van der Waals surface area contributed by atoms with Gasteiger partial charge in [-0.2, -0.15) is 0 Å². The van der Waals surface area contributed by atoms with Crippen LogP contribution in [0, 0.1) is 0 Å². The third-order valence-electron chi connectivity index (χ3n) is 3.99. The van der Waals surface area contributed by atoms with Crippen molar-refractivity contribution in [3.8, 4) is 5.75 Å². The Morgan fingerprint density at radius 2 is 1.96 bits per heavy atom. The Morgan fingerprint density at radius 1 is 1.17 bits per heavy atom. The Labute approximate surface area is 137 Å². The third kappa shape index (κ3) is 4.96. The first-order chi connectivity index (χ1) is 11.1. The molecule has 0 atom stereocenters. The van der Waals surface area contributed by atoms with Gasteiger partial charge in [0, 0.05) is 32.6 Å². The lowest BCUT2D eigenvalue weighted by Crippen LogP contribution is -2.37. The molecule has 1 aliphatic rings. The molecule has 126 valence electrons. The largest absolute Gasteiger partial charge is 0.495 e. The number of anilines is 1. The first-order valence-electron chi connectivity index (χ1n) is 8.07. The normalized spacial score (nSPS) is 15.8. The molecule has 1 heterocycles. The van der Waals surface area contributed by atoms with Crippen LogP contribution < -0.4 is 10.1 Å². The average molecular weight is 319 g/mol. The lowest BCUT2D eigenvalue weighted by Gasteiger charge is -2.21. The highest BCUT2D eigenvalue weighted by molar-refractivity contribution is 5.93. The number of hydrogen-bond donors (Lipinski definition) is 1. The van der Waals surface area contributed by atoms with Gasteiger partial charge in [0.15, 0.2) is 0 Å². The van der Waals surface area contributed by atoms with Gasteiger partial charge in [-0.05, 0) is 18.6 Å². The first kappa shape index (κ1) is 17.3. The van der Waals surface area contributed by atoms with E-state index in [-0.39, 0.29) is 11.8 Å². The molecule has 6 heteroatoms. The zero-order chi connectivity index (χ0) is 16.7. The summed E-state index contributed by atoms with van der Waals surface area (Å²) >= 11 is 0. The van der Waals surface area contributed by atoms with Gasteiger partial charge < -0.3 is 15.0 Å². The van der Waals surface area contributed by atoms with Gasteiger partial charge in [-0.3, -0.25) is 14.5 Å². The summed E-state index contributed by atoms with van der Waals surface area (Å²) in [6, 6.07) is 7.36. The van der Waals surface area contributed by atoms with Gasteiger partial charge in [0.1, 0.15) is 5.75 Å². The summed E-state index contributed by atoms with van der Waals surface area (Å²) in [6.07, 6.45) is 1.43. The summed E-state index contributed by atoms with van der Waals surface area (Å²) in [5, 5.41) is 2.89. The van der Waals surface area contributed by atoms with Crippen LogP contribution in [-0.2, 0) is 9.59 Å². The molecule has 0 aromatic heterocycles. The van der Waals surface area contributed by atoms with Crippen LogP contribution in [0.5, 0.6) is 5.75 Å². The Balaban J connectivity index is 1.87. The maximum atomic E-state index is 12.2. The van der Waals surface area contributed by atoms with E-state index in [4.69, 9.17) is 4.74 Å². The van der Waals surface area contributed by atoms with Crippen molar-refractivity contribution < 1.29 is 14.3 Å². The second kappa shape index (κ2) is 8.53. The van der Waals surface area contributed by atoms with E-state index in [1.165, 1.54) is 0 Å². The van der Waals surface area contributed by atoms with Crippen LogP contribution in [0.3, 0.4) is 0 Å². The van der Waals surface area contributed by atoms with Crippen molar-refractivity contribution >= 4 is 17.5 Å². The number of carbonyl (C=O) groups excluding carboxylic acids is 2. The molecule has 1 aliphatic heterocycles. The molecule has 23 heavy (non-hydrogen) atoms. The minimum absolute atomic E-state index is 0.0650. The average Bonchev–Trinajstić information content (AvgIpc) is 2.80. The zero-order valence-electron chi connectivity index (χ0n) is 13.9. The molecule has 0 saturated carbocycles. The van der Waals surface area contributed by atoms with Gasteiger partial charge >= 0.3 is 0 Å². The molecule has 1 aromatic carbocycles. The Kier molecular flexibility index (Phi) is 6.40. The third-order valence-corrected chi connectivity index (χ3v) is 3.99. The molecule has 6 nitrogen and oxygen atoms in total. The quantitative estimate of drug-likeness (QED) is 0.895. The number of benzene rings is 1. The maximum Gasteiger partial charge on any atom is 0.238 e. The molecule has 0 spiro atoms. The van der Waals surface area contributed by atoms with Crippen LogP contribution >= 0.6 is 0 Å². The van der Waals surface area contributed by atoms with E-state index in [0.29, 0.717) is 30.9 Å². The Hall–Kier alpha value is -2.08. The van der Waals surface area contributed by atoms with Gasteiger partial charge in [0.25, 0.3) is 0 Å². The van der Waals surface area contributed by atoms with Gasteiger partial charge in [0.2, 0.25) is 11.8 Å². The van der Waals surface area contributed by atoms with Crippen molar-refractivity contribution in [3.63, 3.8) is 0 Å². The molecule has 1 fully saturated rings. The molecule has 1 aromatic rings. The number of nitrogens with one attached hydrogen (secondary N) is 1. The number of amides is 2. The second-order valence-corrected chi connectivity index (χ2v) is 5.61. The minimum atomic E-state index is -0.0650. The van der Waals surface area contributed by atoms with Gasteiger partial charge in [-0.1, -0.05) is 19.1 Å². The van der Waals surface area contributed by atoms with Crippen LogP contribution in [0.4, 0.5) is 5.69 Å². The second-order valence-electron chi connectivity index (χ2n) is 5.61. The highest BCUT2D eigenvalue weighted by Gasteiger charge is 2.19. The molecular formula is C17H25N3O3. The van der Waals surface area contributed by atoms with E-state index in [1.807, 2.05) is 36.1 Å². The monoisotopic (exact) mass is 319 g/mol. The molecule has 0 radical (unpaired) electrons. The van der Waals surface area contributed by atoms with Crippen molar-refractivity contribution in [2.45, 2.75) is 19.8 Å². The highest BCUT2D eigenvalue weighted by Crippen LogP contribution is 2.22. The number of carbonyl (C=O) groups is 2. The predicted octanol–water partition coefficient (Wildman–Crippen LogP) is 1.58. The van der Waals surface area contributed by atoms with E-state index in [9.17, 15) is 9.59 Å². The number of rotatable bonds is 5. The van der Waals surface area contributed by atoms with Crippen molar-refractivity contribution in [2.75, 3.05) is 45.2 Å². The minimum Gasteiger partial charge on any atom is -0.495 e. The number of hydrogen-bond acceptors (Lipinski definition) is 4. The number of ether oxygens (including phenoxy) is 1. The smallest absolute Gasteiger partial charge is 0.238 e. The van der Waals surface area contributed by atoms with Gasteiger partial charge in [-0.15, -0.1) is 0 Å². The van der Waals surface area contributed by atoms with Crippen LogP contribution in [0.1, 0.15) is 19.8 Å². The van der Waals surface area contributed by atoms with E-state index >= 15 is 0 Å². The topological polar surface area (TPSA) is 61.9 Å². The number of methoxy groups -OCH3 is 1. The molecule has 1 N–H and O–H groups in total. The van der Waals surface area contributed by atoms with Crippen LogP contribution in [0.25, 0.3) is 0 Å². The zero-order valence-corrected chi connectivity index (χ0v) is 13.9. The van der Waals surface area contributed by atoms with E-state index in [1.54, 1.807) is 7.11 Å². The van der Waals surface area contributed by atoms with Crippen molar-refractivity contribution in [2.24, 2.45) is 0 Å². The summed E-state index contributed by atoms with van der Waals surface area (Å²) < 4.78 is 5.24. The summed E-state index contributed by atoms with van der Waals surface area (Å²) in [6.45, 7) is 5.22. The van der Waals surface area contributed by atoms with Crippen LogP contribution in [0.2, 0.25) is 0 Å². The van der Waals surface area contributed by atoms with Crippen molar-refractivity contribution in [3.05, 3.63) is 24.3 Å². The lowest BCUT2D eigenvalue weighted by atomic mass is 10.3.